The Morgan fingerprint density at radius 3 is 2.45 bits per heavy atom. The average Bonchev–Trinajstić information content (AvgIpc) is 2.47. The third kappa shape index (κ3) is 3.15. The molecule has 0 fully saturated rings. The molecule has 104 valence electrons. The fraction of sp³-hybridized carbons (Fsp3) is 0.188. The lowest BCUT2D eigenvalue weighted by molar-refractivity contribution is 0.111. The standard InChI is InChI=1S/C16H15FO3/c1-2-10-19-15-7-3-4-8-16(15)20-14-9-5-6-13(17)12(14)11-18/h3-9,11H,2,10H2,1H3. The number of hydrogen-bond acceptors (Lipinski definition) is 3. The lowest BCUT2D eigenvalue weighted by Gasteiger charge is -2.13. The molecule has 4 heteroatoms. The van der Waals surface area contributed by atoms with Gasteiger partial charge in [0.05, 0.1) is 12.2 Å². The monoisotopic (exact) mass is 274 g/mol. The Labute approximate surface area is 117 Å². The molecular formula is C16H15FO3. The number of halogens is 1. The van der Waals surface area contributed by atoms with Gasteiger partial charge in [-0.05, 0) is 30.7 Å². The molecule has 0 aliphatic carbocycles. The van der Waals surface area contributed by atoms with Crippen LogP contribution in [0.1, 0.15) is 23.7 Å². The molecule has 0 heterocycles. The first kappa shape index (κ1) is 14.1. The molecule has 0 N–H and O–H groups in total. The quantitative estimate of drug-likeness (QED) is 0.740. The van der Waals surface area contributed by atoms with Gasteiger partial charge in [-0.3, -0.25) is 4.79 Å². The number of rotatable bonds is 6. The normalized spacial score (nSPS) is 10.1. The van der Waals surface area contributed by atoms with Crippen molar-refractivity contribution in [2.45, 2.75) is 13.3 Å². The molecule has 0 spiro atoms. The molecule has 0 bridgehead atoms. The molecule has 2 rings (SSSR count). The molecule has 3 nitrogen and oxygen atoms in total. The lowest BCUT2D eigenvalue weighted by Crippen LogP contribution is -1.99. The van der Waals surface area contributed by atoms with Crippen molar-refractivity contribution in [3.05, 3.63) is 53.8 Å². The first-order valence-electron chi connectivity index (χ1n) is 6.39. The second kappa shape index (κ2) is 6.70. The fourth-order valence-electron chi connectivity index (χ4n) is 1.70. The highest BCUT2D eigenvalue weighted by Crippen LogP contribution is 2.33. The van der Waals surface area contributed by atoms with Crippen molar-refractivity contribution in [3.63, 3.8) is 0 Å². The van der Waals surface area contributed by atoms with Crippen molar-refractivity contribution >= 4 is 6.29 Å². The molecule has 0 unspecified atom stereocenters. The summed E-state index contributed by atoms with van der Waals surface area (Å²) in [5, 5.41) is 0. The van der Waals surface area contributed by atoms with Crippen LogP contribution in [0.5, 0.6) is 17.2 Å². The summed E-state index contributed by atoms with van der Waals surface area (Å²) in [6, 6.07) is 11.3. The summed E-state index contributed by atoms with van der Waals surface area (Å²) in [5.41, 5.74) is -0.0993. The number of hydrogen-bond donors (Lipinski definition) is 0. The Kier molecular flexibility index (Phi) is 4.71. The molecule has 0 aliphatic rings. The Morgan fingerprint density at radius 2 is 1.75 bits per heavy atom. The van der Waals surface area contributed by atoms with E-state index in [0.29, 0.717) is 24.4 Å². The summed E-state index contributed by atoms with van der Waals surface area (Å²) in [6.45, 7) is 2.56. The van der Waals surface area contributed by atoms with E-state index in [1.165, 1.54) is 12.1 Å². The topological polar surface area (TPSA) is 35.5 Å². The van der Waals surface area contributed by atoms with Gasteiger partial charge in [0.15, 0.2) is 17.8 Å². The van der Waals surface area contributed by atoms with Crippen molar-refractivity contribution in [1.29, 1.82) is 0 Å². The summed E-state index contributed by atoms with van der Waals surface area (Å²) in [5.74, 6) is 0.585. The summed E-state index contributed by atoms with van der Waals surface area (Å²) in [4.78, 5) is 10.9. The molecule has 0 saturated heterocycles. The van der Waals surface area contributed by atoms with E-state index < -0.39 is 5.82 Å². The van der Waals surface area contributed by atoms with E-state index in [9.17, 15) is 9.18 Å². The van der Waals surface area contributed by atoms with Gasteiger partial charge >= 0.3 is 0 Å². The zero-order valence-electron chi connectivity index (χ0n) is 11.1. The Bertz CT molecular complexity index is 596. The highest BCUT2D eigenvalue weighted by molar-refractivity contribution is 5.80. The number of benzene rings is 2. The van der Waals surface area contributed by atoms with Gasteiger partial charge in [-0.15, -0.1) is 0 Å². The van der Waals surface area contributed by atoms with Gasteiger partial charge in [-0.25, -0.2) is 4.39 Å². The second-order valence-electron chi connectivity index (χ2n) is 4.17. The average molecular weight is 274 g/mol. The van der Waals surface area contributed by atoms with E-state index in [0.717, 1.165) is 6.42 Å². The number of para-hydroxylation sites is 2. The van der Waals surface area contributed by atoms with Crippen LogP contribution in [0.2, 0.25) is 0 Å². The number of aldehydes is 1. The van der Waals surface area contributed by atoms with Gasteiger partial charge in [-0.1, -0.05) is 25.1 Å². The summed E-state index contributed by atoms with van der Waals surface area (Å²) in [7, 11) is 0. The van der Waals surface area contributed by atoms with Crippen LogP contribution in [-0.2, 0) is 0 Å². The summed E-state index contributed by atoms with van der Waals surface area (Å²) < 4.78 is 24.7. The molecule has 2 aromatic carbocycles. The van der Waals surface area contributed by atoms with Crippen molar-refractivity contribution in [1.82, 2.24) is 0 Å². The molecule has 0 saturated carbocycles. The van der Waals surface area contributed by atoms with E-state index in [1.54, 1.807) is 24.3 Å². The molecule has 0 radical (unpaired) electrons. The van der Waals surface area contributed by atoms with Crippen molar-refractivity contribution in [2.24, 2.45) is 0 Å². The summed E-state index contributed by atoms with van der Waals surface area (Å²) in [6.07, 6.45) is 1.31. The zero-order chi connectivity index (χ0) is 14.4. The van der Waals surface area contributed by atoms with Crippen LogP contribution in [0.15, 0.2) is 42.5 Å². The van der Waals surface area contributed by atoms with E-state index >= 15 is 0 Å². The van der Waals surface area contributed by atoms with Crippen molar-refractivity contribution in [2.75, 3.05) is 6.61 Å². The fourth-order valence-corrected chi connectivity index (χ4v) is 1.70. The molecule has 0 atom stereocenters. The molecule has 0 aromatic heterocycles. The van der Waals surface area contributed by atoms with Gasteiger partial charge in [0, 0.05) is 0 Å². The van der Waals surface area contributed by atoms with E-state index in [-0.39, 0.29) is 11.3 Å². The van der Waals surface area contributed by atoms with E-state index in [2.05, 4.69) is 0 Å². The highest BCUT2D eigenvalue weighted by atomic mass is 19.1. The lowest BCUT2D eigenvalue weighted by atomic mass is 10.2. The van der Waals surface area contributed by atoms with Crippen LogP contribution in [0, 0.1) is 5.82 Å². The van der Waals surface area contributed by atoms with Crippen LogP contribution in [0.4, 0.5) is 4.39 Å². The molecule has 2 aromatic rings. The van der Waals surface area contributed by atoms with Crippen LogP contribution in [-0.4, -0.2) is 12.9 Å². The SMILES string of the molecule is CCCOc1ccccc1Oc1cccc(F)c1C=O. The highest BCUT2D eigenvalue weighted by Gasteiger charge is 2.12. The van der Waals surface area contributed by atoms with Gasteiger partial charge in [0.25, 0.3) is 0 Å². The maximum Gasteiger partial charge on any atom is 0.169 e. The molecule has 0 amide bonds. The summed E-state index contributed by atoms with van der Waals surface area (Å²) >= 11 is 0. The maximum atomic E-state index is 13.5. The number of ether oxygens (including phenoxy) is 2. The Balaban J connectivity index is 2.30. The Hall–Kier alpha value is -2.36. The van der Waals surface area contributed by atoms with Gasteiger partial charge in [-0.2, -0.15) is 0 Å². The first-order valence-corrected chi connectivity index (χ1v) is 6.39. The molecule has 0 aliphatic heterocycles. The van der Waals surface area contributed by atoms with Gasteiger partial charge in [0.1, 0.15) is 11.6 Å². The zero-order valence-corrected chi connectivity index (χ0v) is 11.1. The third-order valence-corrected chi connectivity index (χ3v) is 2.66. The van der Waals surface area contributed by atoms with E-state index in [4.69, 9.17) is 9.47 Å². The van der Waals surface area contributed by atoms with Crippen LogP contribution in [0.25, 0.3) is 0 Å². The maximum absolute atomic E-state index is 13.5. The van der Waals surface area contributed by atoms with Gasteiger partial charge < -0.3 is 9.47 Å². The van der Waals surface area contributed by atoms with Crippen molar-refractivity contribution in [3.8, 4) is 17.2 Å². The number of carbonyl (C=O) groups is 1. The Morgan fingerprint density at radius 1 is 1.05 bits per heavy atom. The minimum absolute atomic E-state index is 0.0993. The minimum atomic E-state index is -0.607. The number of carbonyl (C=O) groups excluding carboxylic acids is 1. The van der Waals surface area contributed by atoms with E-state index in [1.807, 2.05) is 13.0 Å². The molecular weight excluding hydrogens is 259 g/mol. The predicted octanol–water partition coefficient (Wildman–Crippen LogP) is 4.22. The van der Waals surface area contributed by atoms with Crippen LogP contribution >= 0.6 is 0 Å². The molecule has 20 heavy (non-hydrogen) atoms. The van der Waals surface area contributed by atoms with Crippen molar-refractivity contribution < 1.29 is 18.7 Å². The largest absolute Gasteiger partial charge is 0.490 e. The van der Waals surface area contributed by atoms with Gasteiger partial charge in [0.2, 0.25) is 0 Å². The smallest absolute Gasteiger partial charge is 0.169 e. The first-order chi connectivity index (χ1) is 9.76. The van der Waals surface area contributed by atoms with Crippen LogP contribution < -0.4 is 9.47 Å². The third-order valence-electron chi connectivity index (χ3n) is 2.66. The predicted molar refractivity (Wildman–Crippen MR) is 74.1 cm³/mol. The van der Waals surface area contributed by atoms with Crippen LogP contribution in [0.3, 0.4) is 0 Å². The second-order valence-corrected chi connectivity index (χ2v) is 4.17. The minimum Gasteiger partial charge on any atom is -0.490 e.